The second-order valence-corrected chi connectivity index (χ2v) is 4.75. The molecule has 1 aromatic rings. The molecule has 1 fully saturated rings. The zero-order chi connectivity index (χ0) is 13.0. The largest absolute Gasteiger partial charge is 0.373 e. The van der Waals surface area contributed by atoms with E-state index in [1.807, 2.05) is 6.07 Å². The van der Waals surface area contributed by atoms with Crippen LogP contribution in [0.25, 0.3) is 0 Å². The summed E-state index contributed by atoms with van der Waals surface area (Å²) >= 11 is 0. The Morgan fingerprint density at radius 2 is 2.28 bits per heavy atom. The molecule has 2 atom stereocenters. The highest BCUT2D eigenvalue weighted by molar-refractivity contribution is 5.34. The Labute approximate surface area is 106 Å². The third-order valence-electron chi connectivity index (χ3n) is 3.34. The number of benzene rings is 1. The number of halogens is 1. The van der Waals surface area contributed by atoms with Crippen LogP contribution >= 0.6 is 0 Å². The summed E-state index contributed by atoms with van der Waals surface area (Å²) in [5.74, 6) is -0.472. The third kappa shape index (κ3) is 3.06. The highest BCUT2D eigenvalue weighted by Gasteiger charge is 2.20. The first kappa shape index (κ1) is 13.0. The summed E-state index contributed by atoms with van der Waals surface area (Å²) < 4.78 is 19.5. The van der Waals surface area contributed by atoms with Gasteiger partial charge in [0.25, 0.3) is 0 Å². The van der Waals surface area contributed by atoms with Gasteiger partial charge in [-0.3, -0.25) is 0 Å². The van der Waals surface area contributed by atoms with Gasteiger partial charge < -0.3 is 10.5 Å². The van der Waals surface area contributed by atoms with Gasteiger partial charge in [-0.25, -0.2) is 4.39 Å². The van der Waals surface area contributed by atoms with Gasteiger partial charge in [0.1, 0.15) is 11.9 Å². The lowest BCUT2D eigenvalue weighted by atomic mass is 9.93. The molecule has 2 unspecified atom stereocenters. The molecule has 3 nitrogen and oxygen atoms in total. The van der Waals surface area contributed by atoms with Crippen LogP contribution in [0, 0.1) is 17.1 Å². The first-order valence-electron chi connectivity index (χ1n) is 6.25. The van der Waals surface area contributed by atoms with Gasteiger partial charge in [0.2, 0.25) is 0 Å². The van der Waals surface area contributed by atoms with Crippen molar-refractivity contribution in [2.75, 3.05) is 0 Å². The standard InChI is InChI=1S/C14H17FN2O/c15-14-10(8-16)3-1-4-11(14)9-18-13-6-2-5-12(17)7-13/h1,3-4,12-13H,2,5-7,9,17H2. The lowest BCUT2D eigenvalue weighted by Crippen LogP contribution is -2.32. The fourth-order valence-electron chi connectivity index (χ4n) is 2.32. The number of ether oxygens (including phenoxy) is 1. The van der Waals surface area contributed by atoms with Gasteiger partial charge in [-0.2, -0.15) is 5.26 Å². The number of nitrogens with two attached hydrogens (primary N) is 1. The Bertz CT molecular complexity index is 456. The van der Waals surface area contributed by atoms with Gasteiger partial charge in [-0.05, 0) is 31.7 Å². The fourth-order valence-corrected chi connectivity index (χ4v) is 2.32. The summed E-state index contributed by atoms with van der Waals surface area (Å²) in [5.41, 5.74) is 6.38. The van der Waals surface area contributed by atoms with Gasteiger partial charge >= 0.3 is 0 Å². The van der Waals surface area contributed by atoms with Crippen LogP contribution in [0.15, 0.2) is 18.2 Å². The molecule has 1 saturated carbocycles. The maximum atomic E-state index is 13.8. The highest BCUT2D eigenvalue weighted by Crippen LogP contribution is 2.22. The normalized spacial score (nSPS) is 23.6. The first-order valence-corrected chi connectivity index (χ1v) is 6.25. The summed E-state index contributed by atoms with van der Waals surface area (Å²) in [6.45, 7) is 0.207. The van der Waals surface area contributed by atoms with Gasteiger partial charge in [0, 0.05) is 11.6 Å². The quantitative estimate of drug-likeness (QED) is 0.894. The van der Waals surface area contributed by atoms with Crippen LogP contribution < -0.4 is 5.73 Å². The highest BCUT2D eigenvalue weighted by atomic mass is 19.1. The summed E-state index contributed by atoms with van der Waals surface area (Å²) in [6, 6.07) is 6.82. The van der Waals surface area contributed by atoms with E-state index < -0.39 is 5.82 Å². The van der Waals surface area contributed by atoms with Gasteiger partial charge in [0.15, 0.2) is 0 Å². The van der Waals surface area contributed by atoms with Crippen LogP contribution in [0.4, 0.5) is 4.39 Å². The predicted octanol–water partition coefficient (Wildman–Crippen LogP) is 2.48. The van der Waals surface area contributed by atoms with E-state index in [1.165, 1.54) is 6.07 Å². The van der Waals surface area contributed by atoms with E-state index in [2.05, 4.69) is 0 Å². The number of nitrogens with zero attached hydrogens (tertiary/aromatic N) is 1. The Morgan fingerprint density at radius 1 is 1.44 bits per heavy atom. The third-order valence-corrected chi connectivity index (χ3v) is 3.34. The average molecular weight is 248 g/mol. The molecule has 1 aliphatic rings. The smallest absolute Gasteiger partial charge is 0.146 e. The van der Waals surface area contributed by atoms with Crippen molar-refractivity contribution < 1.29 is 9.13 Å². The molecule has 0 aromatic heterocycles. The average Bonchev–Trinajstić information content (AvgIpc) is 2.38. The minimum Gasteiger partial charge on any atom is -0.373 e. The molecule has 1 aromatic carbocycles. The van der Waals surface area contributed by atoms with Crippen molar-refractivity contribution in [3.63, 3.8) is 0 Å². The molecule has 0 spiro atoms. The zero-order valence-corrected chi connectivity index (χ0v) is 10.2. The van der Waals surface area contributed by atoms with Crippen LogP contribution in [0.2, 0.25) is 0 Å². The van der Waals surface area contributed by atoms with E-state index in [0.29, 0.717) is 5.56 Å². The summed E-state index contributed by atoms with van der Waals surface area (Å²) in [7, 11) is 0. The molecule has 2 N–H and O–H groups in total. The van der Waals surface area contributed by atoms with Crippen molar-refractivity contribution in [2.45, 2.75) is 44.4 Å². The monoisotopic (exact) mass is 248 g/mol. The molecule has 2 rings (SSSR count). The zero-order valence-electron chi connectivity index (χ0n) is 10.2. The second-order valence-electron chi connectivity index (χ2n) is 4.75. The Hall–Kier alpha value is -1.44. The first-order chi connectivity index (χ1) is 8.70. The molecule has 0 radical (unpaired) electrons. The van der Waals surface area contributed by atoms with Gasteiger partial charge in [0.05, 0.1) is 18.3 Å². The fraction of sp³-hybridized carbons (Fsp3) is 0.500. The molecular formula is C14H17FN2O. The van der Waals surface area contributed by atoms with Crippen molar-refractivity contribution >= 4 is 0 Å². The van der Waals surface area contributed by atoms with Crippen molar-refractivity contribution in [2.24, 2.45) is 5.73 Å². The van der Waals surface area contributed by atoms with Crippen molar-refractivity contribution in [1.29, 1.82) is 5.26 Å². The van der Waals surface area contributed by atoms with Crippen molar-refractivity contribution in [1.82, 2.24) is 0 Å². The number of nitriles is 1. The van der Waals surface area contributed by atoms with Crippen LogP contribution in [-0.2, 0) is 11.3 Å². The minimum atomic E-state index is -0.472. The van der Waals surface area contributed by atoms with E-state index in [4.69, 9.17) is 15.7 Å². The van der Waals surface area contributed by atoms with E-state index in [0.717, 1.165) is 25.7 Å². The summed E-state index contributed by atoms with van der Waals surface area (Å²) in [4.78, 5) is 0. The Balaban J connectivity index is 1.96. The molecule has 0 bridgehead atoms. The van der Waals surface area contributed by atoms with Crippen LogP contribution in [0.3, 0.4) is 0 Å². The van der Waals surface area contributed by atoms with E-state index in [1.54, 1.807) is 12.1 Å². The lowest BCUT2D eigenvalue weighted by Gasteiger charge is -2.26. The van der Waals surface area contributed by atoms with E-state index in [-0.39, 0.29) is 24.3 Å². The Morgan fingerprint density at radius 3 is 3.00 bits per heavy atom. The van der Waals surface area contributed by atoms with Crippen molar-refractivity contribution in [3.8, 4) is 6.07 Å². The Kier molecular flexibility index (Phi) is 4.29. The van der Waals surface area contributed by atoms with Crippen molar-refractivity contribution in [3.05, 3.63) is 35.1 Å². The molecular weight excluding hydrogens is 231 g/mol. The molecule has 18 heavy (non-hydrogen) atoms. The molecule has 0 heterocycles. The van der Waals surface area contributed by atoms with Gasteiger partial charge in [-0.1, -0.05) is 12.1 Å². The molecule has 96 valence electrons. The SMILES string of the molecule is N#Cc1cccc(COC2CCCC(N)C2)c1F. The van der Waals surface area contributed by atoms with Crippen LogP contribution in [-0.4, -0.2) is 12.1 Å². The summed E-state index contributed by atoms with van der Waals surface area (Å²) in [5, 5.41) is 8.75. The molecule has 4 heteroatoms. The summed E-state index contributed by atoms with van der Waals surface area (Å²) in [6.07, 6.45) is 4.02. The number of hydrogen-bond donors (Lipinski definition) is 1. The minimum absolute atomic E-state index is 0.0662. The predicted molar refractivity (Wildman–Crippen MR) is 66.1 cm³/mol. The lowest BCUT2D eigenvalue weighted by molar-refractivity contribution is 0.0110. The molecule has 0 amide bonds. The van der Waals surface area contributed by atoms with Crippen LogP contribution in [0.5, 0.6) is 0 Å². The second kappa shape index (κ2) is 5.94. The van der Waals surface area contributed by atoms with E-state index >= 15 is 0 Å². The topological polar surface area (TPSA) is 59.0 Å². The molecule has 0 aliphatic heterocycles. The molecule has 0 saturated heterocycles. The number of rotatable bonds is 3. The van der Waals surface area contributed by atoms with E-state index in [9.17, 15) is 4.39 Å². The van der Waals surface area contributed by atoms with Crippen LogP contribution in [0.1, 0.15) is 36.8 Å². The maximum absolute atomic E-state index is 13.8. The number of hydrogen-bond acceptors (Lipinski definition) is 3. The molecule has 1 aliphatic carbocycles. The van der Waals surface area contributed by atoms with Gasteiger partial charge in [-0.15, -0.1) is 0 Å². The maximum Gasteiger partial charge on any atom is 0.146 e.